The molecule has 1 heterocycles. The van der Waals surface area contributed by atoms with E-state index >= 15 is 0 Å². The minimum Gasteiger partial charge on any atom is -0.273 e. The molecule has 1 amide bonds. The zero-order valence-corrected chi connectivity index (χ0v) is 17.1. The molecule has 4 rings (SSSR count). The number of carbonyl (C=O) groups excluding carboxylic acids is 1. The monoisotopic (exact) mass is 426 g/mol. The number of rotatable bonds is 4. The smallest absolute Gasteiger partial charge is 0.247 e. The summed E-state index contributed by atoms with van der Waals surface area (Å²) in [6.45, 7) is 0. The Balaban J connectivity index is 1.70. The fraction of sp³-hybridized carbons (Fsp3) is 0.0909. The van der Waals surface area contributed by atoms with Crippen LogP contribution in [0.3, 0.4) is 0 Å². The van der Waals surface area contributed by atoms with Crippen LogP contribution in [0.5, 0.6) is 0 Å². The molecule has 0 saturated carbocycles. The van der Waals surface area contributed by atoms with E-state index in [1.165, 1.54) is 11.8 Å². The number of benzene rings is 3. The van der Waals surface area contributed by atoms with Gasteiger partial charge in [0.25, 0.3) is 0 Å². The summed E-state index contributed by atoms with van der Waals surface area (Å²) in [6.07, 6.45) is 0.486. The summed E-state index contributed by atoms with van der Waals surface area (Å²) < 4.78 is 0. The van der Waals surface area contributed by atoms with E-state index in [4.69, 9.17) is 28.2 Å². The summed E-state index contributed by atoms with van der Waals surface area (Å²) in [6, 6.07) is 24.7. The molecular weight excluding hydrogens is 411 g/mol. The highest BCUT2D eigenvalue weighted by Gasteiger charge is 2.39. The van der Waals surface area contributed by atoms with Gasteiger partial charge in [-0.15, -0.1) is 0 Å². The lowest BCUT2D eigenvalue weighted by atomic mass is 10.1. The van der Waals surface area contributed by atoms with E-state index in [-0.39, 0.29) is 11.2 Å². The fourth-order valence-corrected chi connectivity index (χ4v) is 4.59. The zero-order chi connectivity index (χ0) is 19.5. The first-order chi connectivity index (χ1) is 13.6. The van der Waals surface area contributed by atoms with Crippen molar-refractivity contribution in [2.45, 2.75) is 11.7 Å². The van der Waals surface area contributed by atoms with Gasteiger partial charge in [-0.3, -0.25) is 9.69 Å². The van der Waals surface area contributed by atoms with Crippen molar-refractivity contribution in [1.29, 1.82) is 0 Å². The minimum absolute atomic E-state index is 0.0121. The Bertz CT molecular complexity index is 1030. The molecule has 0 spiro atoms. The van der Waals surface area contributed by atoms with Crippen molar-refractivity contribution < 1.29 is 4.79 Å². The van der Waals surface area contributed by atoms with E-state index < -0.39 is 0 Å². The molecule has 3 nitrogen and oxygen atoms in total. The Kier molecular flexibility index (Phi) is 5.72. The molecule has 0 bridgehead atoms. The Morgan fingerprint density at radius 2 is 1.57 bits per heavy atom. The average Bonchev–Trinajstić information content (AvgIpc) is 3.02. The number of amidine groups is 1. The Labute approximate surface area is 178 Å². The predicted octanol–water partition coefficient (Wildman–Crippen LogP) is 6.37. The number of amides is 1. The van der Waals surface area contributed by atoms with Crippen LogP contribution in [0.15, 0.2) is 83.9 Å². The van der Waals surface area contributed by atoms with Crippen molar-refractivity contribution in [3.8, 4) is 0 Å². The van der Waals surface area contributed by atoms with Gasteiger partial charge in [0.05, 0.1) is 26.7 Å². The van der Waals surface area contributed by atoms with Crippen LogP contribution < -0.4 is 4.90 Å². The van der Waals surface area contributed by atoms with Crippen LogP contribution in [-0.2, 0) is 11.2 Å². The van der Waals surface area contributed by atoms with Gasteiger partial charge in [-0.25, -0.2) is 4.99 Å². The molecule has 1 aliphatic rings. The van der Waals surface area contributed by atoms with Crippen LogP contribution in [0.4, 0.5) is 11.4 Å². The molecule has 140 valence electrons. The number of thioether (sulfide) groups is 1. The standard InChI is InChI=1S/C22H16Cl2N2OS/c23-18-13-7-8-15(20(18)24)14-19-21(27)26(17-11-5-2-6-12-17)22(28-19)25-16-9-3-1-4-10-16/h1-13,19H,14H2/t19-/m1/s1. The molecule has 0 radical (unpaired) electrons. The minimum atomic E-state index is -0.321. The first kappa shape index (κ1) is 19.1. The fourth-order valence-electron chi connectivity index (χ4n) is 3.01. The molecule has 0 aliphatic carbocycles. The lowest BCUT2D eigenvalue weighted by Crippen LogP contribution is -2.32. The SMILES string of the molecule is O=C1[C@@H](Cc2cccc(Cl)c2Cl)SC(=Nc2ccccc2)N1c1ccccc1. The van der Waals surface area contributed by atoms with Gasteiger partial charge in [-0.2, -0.15) is 0 Å². The third-order valence-corrected chi connectivity index (χ3v) is 6.36. The molecule has 28 heavy (non-hydrogen) atoms. The van der Waals surface area contributed by atoms with Crippen molar-refractivity contribution in [2.75, 3.05) is 4.90 Å². The van der Waals surface area contributed by atoms with Gasteiger partial charge in [0.1, 0.15) is 0 Å². The maximum absolute atomic E-state index is 13.3. The Hall–Kier alpha value is -2.27. The van der Waals surface area contributed by atoms with Crippen LogP contribution >= 0.6 is 35.0 Å². The molecule has 3 aromatic carbocycles. The number of carbonyl (C=O) groups is 1. The Morgan fingerprint density at radius 1 is 0.893 bits per heavy atom. The normalized spacial score (nSPS) is 18.1. The molecule has 6 heteroatoms. The van der Waals surface area contributed by atoms with Gasteiger partial charge in [0.15, 0.2) is 5.17 Å². The molecule has 3 aromatic rings. The van der Waals surface area contributed by atoms with E-state index in [0.717, 1.165) is 16.9 Å². The highest BCUT2D eigenvalue weighted by molar-refractivity contribution is 8.16. The maximum Gasteiger partial charge on any atom is 0.247 e. The highest BCUT2D eigenvalue weighted by Crippen LogP contribution is 2.37. The van der Waals surface area contributed by atoms with Crippen LogP contribution in [0.2, 0.25) is 10.0 Å². The van der Waals surface area contributed by atoms with Gasteiger partial charge in [0.2, 0.25) is 5.91 Å². The second kappa shape index (κ2) is 8.39. The molecule has 1 fully saturated rings. The number of hydrogen-bond donors (Lipinski definition) is 0. The maximum atomic E-state index is 13.3. The lowest BCUT2D eigenvalue weighted by molar-refractivity contribution is -0.116. The summed E-state index contributed by atoms with van der Waals surface area (Å²) in [5, 5.41) is 1.33. The van der Waals surface area contributed by atoms with Crippen molar-refractivity contribution in [2.24, 2.45) is 4.99 Å². The van der Waals surface area contributed by atoms with Crippen LogP contribution in [0.1, 0.15) is 5.56 Å². The van der Waals surface area contributed by atoms with Gasteiger partial charge < -0.3 is 0 Å². The number of nitrogens with zero attached hydrogens (tertiary/aromatic N) is 2. The number of hydrogen-bond acceptors (Lipinski definition) is 3. The van der Waals surface area contributed by atoms with Crippen LogP contribution in [0.25, 0.3) is 0 Å². The third-order valence-electron chi connectivity index (χ3n) is 4.37. The van der Waals surface area contributed by atoms with Crippen molar-refractivity contribution >= 4 is 57.4 Å². The van der Waals surface area contributed by atoms with Gasteiger partial charge in [-0.05, 0) is 42.3 Å². The summed E-state index contributed by atoms with van der Waals surface area (Å²) in [5.74, 6) is -0.0121. The zero-order valence-electron chi connectivity index (χ0n) is 14.8. The van der Waals surface area contributed by atoms with Crippen molar-refractivity contribution in [1.82, 2.24) is 0 Å². The molecule has 1 saturated heterocycles. The summed E-state index contributed by atoms with van der Waals surface area (Å²) in [5.41, 5.74) is 2.46. The largest absolute Gasteiger partial charge is 0.273 e. The average molecular weight is 427 g/mol. The van der Waals surface area contributed by atoms with E-state index in [0.29, 0.717) is 21.6 Å². The second-order valence-corrected chi connectivity index (χ2v) is 8.22. The molecule has 0 unspecified atom stereocenters. The number of anilines is 1. The van der Waals surface area contributed by atoms with Crippen molar-refractivity contribution in [3.05, 3.63) is 94.5 Å². The third kappa shape index (κ3) is 3.95. The van der Waals surface area contributed by atoms with Crippen LogP contribution in [-0.4, -0.2) is 16.3 Å². The number of para-hydroxylation sites is 2. The summed E-state index contributed by atoms with van der Waals surface area (Å²) in [4.78, 5) is 19.7. The predicted molar refractivity (Wildman–Crippen MR) is 119 cm³/mol. The van der Waals surface area contributed by atoms with Gasteiger partial charge in [-0.1, -0.05) is 83.5 Å². The summed E-state index contributed by atoms with van der Waals surface area (Å²) in [7, 11) is 0. The Morgan fingerprint density at radius 3 is 2.29 bits per heavy atom. The van der Waals surface area contributed by atoms with Gasteiger partial charge >= 0.3 is 0 Å². The topological polar surface area (TPSA) is 32.7 Å². The first-order valence-corrected chi connectivity index (χ1v) is 10.4. The number of aliphatic imine (C=N–C) groups is 1. The molecule has 0 N–H and O–H groups in total. The molecule has 1 aliphatic heterocycles. The van der Waals surface area contributed by atoms with E-state index in [9.17, 15) is 4.79 Å². The second-order valence-electron chi connectivity index (χ2n) is 6.26. The lowest BCUT2D eigenvalue weighted by Gasteiger charge is -2.16. The molecule has 1 atom stereocenters. The highest BCUT2D eigenvalue weighted by atomic mass is 35.5. The van der Waals surface area contributed by atoms with E-state index in [2.05, 4.69) is 0 Å². The quantitative estimate of drug-likeness (QED) is 0.485. The molecular formula is C22H16Cl2N2OS. The molecule has 0 aromatic heterocycles. The first-order valence-electron chi connectivity index (χ1n) is 8.76. The van der Waals surface area contributed by atoms with Gasteiger partial charge in [0, 0.05) is 0 Å². The summed E-state index contributed by atoms with van der Waals surface area (Å²) >= 11 is 13.9. The van der Waals surface area contributed by atoms with E-state index in [1.54, 1.807) is 11.0 Å². The number of halogens is 2. The van der Waals surface area contributed by atoms with E-state index in [1.807, 2.05) is 72.8 Å². The van der Waals surface area contributed by atoms with Crippen LogP contribution in [0, 0.1) is 0 Å². The van der Waals surface area contributed by atoms with Crippen molar-refractivity contribution in [3.63, 3.8) is 0 Å².